The van der Waals surface area contributed by atoms with Gasteiger partial charge in [0.2, 0.25) is 0 Å². The summed E-state index contributed by atoms with van der Waals surface area (Å²) in [5.41, 5.74) is 0.370. The number of aliphatic hydroxyl groups excluding tert-OH is 1. The van der Waals surface area contributed by atoms with Crippen LogP contribution in [-0.2, 0) is 0 Å². The lowest BCUT2D eigenvalue weighted by atomic mass is 9.89. The molecule has 0 aliphatic heterocycles. The summed E-state index contributed by atoms with van der Waals surface area (Å²) in [6.45, 7) is 4.71. The summed E-state index contributed by atoms with van der Waals surface area (Å²) in [5, 5.41) is 12.2. The number of aliphatic hydroxyl groups is 1. The Morgan fingerprint density at radius 1 is 1.25 bits per heavy atom. The number of hydrogen-bond acceptors (Lipinski definition) is 4. The van der Waals surface area contributed by atoms with Crippen molar-refractivity contribution in [3.05, 3.63) is 54.4 Å². The lowest BCUT2D eigenvalue weighted by Crippen LogP contribution is -2.26. The Balaban J connectivity index is 1.95. The molecule has 128 valence electrons. The van der Waals surface area contributed by atoms with Crippen molar-refractivity contribution < 1.29 is 14.6 Å². The van der Waals surface area contributed by atoms with E-state index in [1.807, 2.05) is 19.9 Å². The highest BCUT2D eigenvalue weighted by molar-refractivity contribution is 5.96. The Hall–Kier alpha value is -2.40. The molecule has 0 saturated heterocycles. The van der Waals surface area contributed by atoms with Gasteiger partial charge in [0.15, 0.2) is 0 Å². The van der Waals surface area contributed by atoms with E-state index in [9.17, 15) is 9.90 Å². The number of nitrogens with one attached hydrogen (secondary N) is 1. The van der Waals surface area contributed by atoms with Crippen molar-refractivity contribution in [2.75, 3.05) is 13.2 Å². The minimum Gasteiger partial charge on any atom is -0.455 e. The zero-order chi connectivity index (χ0) is 17.4. The number of carbonyl (C=O) groups excluding carboxylic acids is 1. The van der Waals surface area contributed by atoms with Crippen LogP contribution >= 0.6 is 0 Å². The summed E-state index contributed by atoms with van der Waals surface area (Å²) in [6, 6.07) is 10.7. The third-order valence-corrected chi connectivity index (χ3v) is 3.74. The van der Waals surface area contributed by atoms with E-state index in [1.165, 1.54) is 0 Å². The average molecular weight is 328 g/mol. The SMILES string of the molecule is CC(C)(CO)CCCNC(=O)c1ccccc1Oc1cccnc1. The van der Waals surface area contributed by atoms with Crippen molar-refractivity contribution in [1.29, 1.82) is 0 Å². The molecule has 2 aromatic rings. The maximum Gasteiger partial charge on any atom is 0.255 e. The molecule has 0 saturated carbocycles. The number of ether oxygens (including phenoxy) is 1. The first-order valence-corrected chi connectivity index (χ1v) is 8.08. The van der Waals surface area contributed by atoms with Crippen LogP contribution in [0.2, 0.25) is 0 Å². The van der Waals surface area contributed by atoms with E-state index in [2.05, 4.69) is 10.3 Å². The highest BCUT2D eigenvalue weighted by Crippen LogP contribution is 2.24. The van der Waals surface area contributed by atoms with Crippen LogP contribution in [0.15, 0.2) is 48.8 Å². The number of pyridine rings is 1. The smallest absolute Gasteiger partial charge is 0.255 e. The Bertz CT molecular complexity index is 657. The number of carbonyl (C=O) groups is 1. The third-order valence-electron chi connectivity index (χ3n) is 3.74. The Labute approximate surface area is 142 Å². The van der Waals surface area contributed by atoms with Crippen LogP contribution in [0.5, 0.6) is 11.5 Å². The van der Waals surface area contributed by atoms with Crippen molar-refractivity contribution in [3.8, 4) is 11.5 Å². The van der Waals surface area contributed by atoms with E-state index >= 15 is 0 Å². The van der Waals surface area contributed by atoms with E-state index < -0.39 is 0 Å². The monoisotopic (exact) mass is 328 g/mol. The molecule has 2 rings (SSSR count). The maximum atomic E-state index is 12.4. The summed E-state index contributed by atoms with van der Waals surface area (Å²) in [6.07, 6.45) is 4.92. The molecule has 5 nitrogen and oxygen atoms in total. The summed E-state index contributed by atoms with van der Waals surface area (Å²) >= 11 is 0. The van der Waals surface area contributed by atoms with Gasteiger partial charge in [-0.15, -0.1) is 0 Å². The highest BCUT2D eigenvalue weighted by Gasteiger charge is 2.16. The van der Waals surface area contributed by atoms with Gasteiger partial charge in [0.25, 0.3) is 5.91 Å². The molecule has 1 aromatic heterocycles. The average Bonchev–Trinajstić information content (AvgIpc) is 2.60. The number of para-hydroxylation sites is 1. The molecule has 1 heterocycles. The number of aromatic nitrogens is 1. The Morgan fingerprint density at radius 3 is 2.75 bits per heavy atom. The van der Waals surface area contributed by atoms with Crippen LogP contribution in [0.25, 0.3) is 0 Å². The molecule has 0 aliphatic carbocycles. The largest absolute Gasteiger partial charge is 0.455 e. The molecule has 0 aliphatic rings. The first-order valence-electron chi connectivity index (χ1n) is 8.08. The standard InChI is InChI=1S/C19H24N2O3/c1-19(2,14-22)10-6-12-21-18(23)16-8-3-4-9-17(16)24-15-7-5-11-20-13-15/h3-5,7-9,11,13,22H,6,10,12,14H2,1-2H3,(H,21,23). The zero-order valence-corrected chi connectivity index (χ0v) is 14.2. The van der Waals surface area contributed by atoms with E-state index in [0.29, 0.717) is 23.6 Å². The van der Waals surface area contributed by atoms with Crippen LogP contribution in [0, 0.1) is 5.41 Å². The van der Waals surface area contributed by atoms with Crippen molar-refractivity contribution in [3.63, 3.8) is 0 Å². The van der Waals surface area contributed by atoms with Crippen LogP contribution in [-0.4, -0.2) is 29.1 Å². The van der Waals surface area contributed by atoms with Gasteiger partial charge in [0.1, 0.15) is 11.5 Å². The van der Waals surface area contributed by atoms with Gasteiger partial charge < -0.3 is 15.2 Å². The Morgan fingerprint density at radius 2 is 2.04 bits per heavy atom. The fourth-order valence-electron chi connectivity index (χ4n) is 2.22. The predicted octanol–water partition coefficient (Wildman–Crippen LogP) is 3.40. The lowest BCUT2D eigenvalue weighted by molar-refractivity contribution is 0.0946. The van der Waals surface area contributed by atoms with E-state index in [0.717, 1.165) is 12.8 Å². The topological polar surface area (TPSA) is 71.5 Å². The van der Waals surface area contributed by atoms with Crippen LogP contribution in [0.3, 0.4) is 0 Å². The molecule has 5 heteroatoms. The minimum atomic E-state index is -0.170. The number of hydrogen-bond donors (Lipinski definition) is 2. The molecular weight excluding hydrogens is 304 g/mol. The third kappa shape index (κ3) is 5.35. The van der Waals surface area contributed by atoms with Gasteiger partial charge >= 0.3 is 0 Å². The molecule has 0 fully saturated rings. The van der Waals surface area contributed by atoms with Gasteiger partial charge in [-0.05, 0) is 42.5 Å². The van der Waals surface area contributed by atoms with Gasteiger partial charge in [0, 0.05) is 19.3 Å². The first kappa shape index (κ1) is 17.9. The maximum absolute atomic E-state index is 12.4. The van der Waals surface area contributed by atoms with Gasteiger partial charge in [-0.25, -0.2) is 0 Å². The molecule has 1 amide bonds. The van der Waals surface area contributed by atoms with E-state index in [-0.39, 0.29) is 17.9 Å². The van der Waals surface area contributed by atoms with Crippen molar-refractivity contribution >= 4 is 5.91 Å². The second-order valence-corrected chi connectivity index (χ2v) is 6.47. The molecule has 0 spiro atoms. The van der Waals surface area contributed by atoms with E-state index in [4.69, 9.17) is 4.74 Å². The molecular formula is C19H24N2O3. The normalized spacial score (nSPS) is 11.1. The summed E-state index contributed by atoms with van der Waals surface area (Å²) in [4.78, 5) is 16.4. The molecule has 0 bridgehead atoms. The number of amides is 1. The molecule has 24 heavy (non-hydrogen) atoms. The predicted molar refractivity (Wildman–Crippen MR) is 93.2 cm³/mol. The van der Waals surface area contributed by atoms with Crippen LogP contribution in [0.1, 0.15) is 37.0 Å². The lowest BCUT2D eigenvalue weighted by Gasteiger charge is -2.21. The number of nitrogens with zero attached hydrogens (tertiary/aromatic N) is 1. The quantitative estimate of drug-likeness (QED) is 0.729. The second kappa shape index (κ2) is 8.45. The minimum absolute atomic E-state index is 0.119. The fraction of sp³-hybridized carbons (Fsp3) is 0.368. The molecule has 0 radical (unpaired) electrons. The first-order chi connectivity index (χ1) is 11.5. The van der Waals surface area contributed by atoms with Gasteiger partial charge in [-0.1, -0.05) is 26.0 Å². The highest BCUT2D eigenvalue weighted by atomic mass is 16.5. The molecule has 0 unspecified atom stereocenters. The van der Waals surface area contributed by atoms with E-state index in [1.54, 1.807) is 42.7 Å². The van der Waals surface area contributed by atoms with Gasteiger partial charge in [0.05, 0.1) is 11.8 Å². The summed E-state index contributed by atoms with van der Waals surface area (Å²) in [5.74, 6) is 0.914. The fourth-order valence-corrected chi connectivity index (χ4v) is 2.22. The molecule has 2 N–H and O–H groups in total. The van der Waals surface area contributed by atoms with Gasteiger partial charge in [-0.3, -0.25) is 9.78 Å². The number of benzene rings is 1. The van der Waals surface area contributed by atoms with Crippen molar-refractivity contribution in [2.45, 2.75) is 26.7 Å². The van der Waals surface area contributed by atoms with Crippen LogP contribution < -0.4 is 10.1 Å². The Kier molecular flexibility index (Phi) is 6.32. The molecule has 1 aromatic carbocycles. The zero-order valence-electron chi connectivity index (χ0n) is 14.2. The van der Waals surface area contributed by atoms with Gasteiger partial charge in [-0.2, -0.15) is 0 Å². The van der Waals surface area contributed by atoms with Crippen molar-refractivity contribution in [1.82, 2.24) is 10.3 Å². The molecule has 0 atom stereocenters. The summed E-state index contributed by atoms with van der Waals surface area (Å²) < 4.78 is 5.75. The van der Waals surface area contributed by atoms with Crippen molar-refractivity contribution in [2.24, 2.45) is 5.41 Å². The number of rotatable bonds is 8. The summed E-state index contributed by atoms with van der Waals surface area (Å²) in [7, 11) is 0. The second-order valence-electron chi connectivity index (χ2n) is 6.47. The van der Waals surface area contributed by atoms with Crippen LogP contribution in [0.4, 0.5) is 0 Å².